The van der Waals surface area contributed by atoms with Crippen LogP contribution in [0.3, 0.4) is 0 Å². The van der Waals surface area contributed by atoms with Gasteiger partial charge in [0.1, 0.15) is 18.0 Å². The van der Waals surface area contributed by atoms with E-state index in [4.69, 9.17) is 0 Å². The zero-order valence-electron chi connectivity index (χ0n) is 26.5. The number of carbonyl (C=O) groups is 2. The number of benzene rings is 3. The topological polar surface area (TPSA) is 94.8 Å². The fourth-order valence-electron chi connectivity index (χ4n) is 9.82. The van der Waals surface area contributed by atoms with Gasteiger partial charge in [-0.25, -0.2) is 0 Å². The summed E-state index contributed by atoms with van der Waals surface area (Å²) in [5.41, 5.74) is -2.40. The lowest BCUT2D eigenvalue weighted by Crippen LogP contribution is -2.62. The SMILES string of the molecule is C[C@]12CC[C@@H](O)C[C@H]1CC[C@@H]1[C@@H]2C(=O)C[C@@]2(C)[C@H]1CC[C@]2(O)C(=O)CO.c1ccc(P(c2ccccc2)c2ccccc2)cc1. The number of Topliss-reactive ketones (excluding diaryl/α,β-unsaturated/α-hetero) is 2. The fraction of sp³-hybridized carbons (Fsp3) is 0.487. The standard InChI is InChI=1S/C21H32O5.C18H15P/c1-19-7-5-13(23)9-12(19)3-4-14-15-6-8-21(26,17(25)11-22)20(15,2)10-16(24)18(14)19;1-4-10-16(11-5-1)19(17-12-6-2-7-13-17)18-14-8-3-9-15-18/h12-15,18,22-23,26H,3-11H2,1-2H3;1-15H/t12-,13-,14+,15+,18-,19+,20+,21+;/m1./s1. The van der Waals surface area contributed by atoms with E-state index in [0.29, 0.717) is 12.3 Å². The molecule has 0 aliphatic heterocycles. The largest absolute Gasteiger partial charge is 0.393 e. The summed E-state index contributed by atoms with van der Waals surface area (Å²) in [6.45, 7) is 3.46. The lowest BCUT2D eigenvalue weighted by Gasteiger charge is -2.60. The summed E-state index contributed by atoms with van der Waals surface area (Å²) < 4.78 is 0. The lowest BCUT2D eigenvalue weighted by molar-refractivity contribution is -0.180. The molecule has 8 atom stereocenters. The number of hydrogen-bond donors (Lipinski definition) is 3. The van der Waals surface area contributed by atoms with E-state index in [0.717, 1.165) is 38.5 Å². The smallest absolute Gasteiger partial charge is 0.190 e. The average molecular weight is 627 g/mol. The van der Waals surface area contributed by atoms with Crippen LogP contribution < -0.4 is 15.9 Å². The van der Waals surface area contributed by atoms with Gasteiger partial charge in [0.05, 0.1) is 6.10 Å². The highest BCUT2D eigenvalue weighted by atomic mass is 31.1. The zero-order valence-corrected chi connectivity index (χ0v) is 27.4. The maximum absolute atomic E-state index is 13.4. The molecule has 3 aromatic rings. The van der Waals surface area contributed by atoms with Gasteiger partial charge in [0.15, 0.2) is 5.78 Å². The molecular weight excluding hydrogens is 579 g/mol. The van der Waals surface area contributed by atoms with Crippen LogP contribution in [0, 0.1) is 34.5 Å². The Balaban J connectivity index is 0.000000167. The highest BCUT2D eigenvalue weighted by Gasteiger charge is 2.68. The van der Waals surface area contributed by atoms with E-state index in [1.807, 2.05) is 6.92 Å². The first-order valence-electron chi connectivity index (χ1n) is 16.6. The molecule has 6 heteroatoms. The van der Waals surface area contributed by atoms with Gasteiger partial charge in [-0.3, -0.25) is 9.59 Å². The molecule has 3 N–H and O–H groups in total. The van der Waals surface area contributed by atoms with Crippen LogP contribution in [0.15, 0.2) is 91.0 Å². The molecule has 5 nitrogen and oxygen atoms in total. The van der Waals surface area contributed by atoms with Crippen LogP contribution in [0.2, 0.25) is 0 Å². The van der Waals surface area contributed by atoms with Crippen LogP contribution in [-0.2, 0) is 9.59 Å². The second-order valence-corrected chi connectivity index (χ2v) is 16.6. The molecule has 0 saturated heterocycles. The van der Waals surface area contributed by atoms with Crippen LogP contribution in [0.1, 0.15) is 65.2 Å². The van der Waals surface area contributed by atoms with Gasteiger partial charge in [0, 0.05) is 17.8 Å². The number of ketones is 2. The van der Waals surface area contributed by atoms with Crippen molar-refractivity contribution in [3.8, 4) is 0 Å². The Bertz CT molecular complexity index is 1390. The minimum atomic E-state index is -1.58. The first kappa shape index (κ1) is 32.3. The average Bonchev–Trinajstić information content (AvgIpc) is 3.33. The van der Waals surface area contributed by atoms with Crippen molar-refractivity contribution >= 4 is 35.4 Å². The van der Waals surface area contributed by atoms with Crippen molar-refractivity contribution in [3.63, 3.8) is 0 Å². The van der Waals surface area contributed by atoms with Gasteiger partial charge in [-0.1, -0.05) is 105 Å². The van der Waals surface area contributed by atoms with E-state index in [9.17, 15) is 24.9 Å². The minimum absolute atomic E-state index is 0.0154. The highest BCUT2D eigenvalue weighted by molar-refractivity contribution is 7.79. The molecule has 0 radical (unpaired) electrons. The van der Waals surface area contributed by atoms with Gasteiger partial charge in [0.2, 0.25) is 0 Å². The Morgan fingerprint density at radius 2 is 1.33 bits per heavy atom. The Morgan fingerprint density at radius 1 is 0.800 bits per heavy atom. The highest BCUT2D eigenvalue weighted by Crippen LogP contribution is 2.67. The molecule has 7 rings (SSSR count). The van der Waals surface area contributed by atoms with E-state index >= 15 is 0 Å². The van der Waals surface area contributed by atoms with E-state index in [1.165, 1.54) is 15.9 Å². The quantitative estimate of drug-likeness (QED) is 0.334. The lowest BCUT2D eigenvalue weighted by atomic mass is 9.44. The summed E-state index contributed by atoms with van der Waals surface area (Å²) in [5.74, 6) is 0.380. The van der Waals surface area contributed by atoms with Crippen molar-refractivity contribution in [2.45, 2.75) is 76.9 Å². The van der Waals surface area contributed by atoms with Gasteiger partial charge in [-0.2, -0.15) is 0 Å². The number of aliphatic hydroxyl groups excluding tert-OH is 2. The molecule has 4 saturated carbocycles. The Hall–Kier alpha value is -2.69. The summed E-state index contributed by atoms with van der Waals surface area (Å²) in [6.07, 6.45) is 5.47. The van der Waals surface area contributed by atoms with Gasteiger partial charge in [0.25, 0.3) is 0 Å². The van der Waals surface area contributed by atoms with Crippen LogP contribution in [0.4, 0.5) is 0 Å². The van der Waals surface area contributed by atoms with Crippen molar-refractivity contribution in [2.75, 3.05) is 6.61 Å². The molecule has 0 unspecified atom stereocenters. The summed E-state index contributed by atoms with van der Waals surface area (Å²) in [7, 11) is -0.446. The number of fused-ring (bicyclic) bond motifs is 5. The summed E-state index contributed by atoms with van der Waals surface area (Å²) >= 11 is 0. The third-order valence-electron chi connectivity index (χ3n) is 12.1. The van der Waals surface area contributed by atoms with Crippen molar-refractivity contribution in [3.05, 3.63) is 91.0 Å². The van der Waals surface area contributed by atoms with Crippen molar-refractivity contribution in [1.82, 2.24) is 0 Å². The third kappa shape index (κ3) is 5.65. The minimum Gasteiger partial charge on any atom is -0.393 e. The number of rotatable bonds is 5. The second-order valence-electron chi connectivity index (χ2n) is 14.3. The van der Waals surface area contributed by atoms with Gasteiger partial charge in [-0.15, -0.1) is 0 Å². The molecule has 0 aromatic heterocycles. The third-order valence-corrected chi connectivity index (χ3v) is 14.6. The molecule has 0 heterocycles. The summed E-state index contributed by atoms with van der Waals surface area (Å²) in [6, 6.07) is 32.3. The van der Waals surface area contributed by atoms with Crippen molar-refractivity contribution < 1.29 is 24.9 Å². The fourth-order valence-corrected chi connectivity index (χ4v) is 12.1. The molecular formula is C39H47O5P. The predicted octanol–water partition coefficient (Wildman–Crippen LogP) is 5.31. The summed E-state index contributed by atoms with van der Waals surface area (Å²) in [5, 5.41) is 34.8. The van der Waals surface area contributed by atoms with E-state index in [1.54, 1.807) is 0 Å². The molecule has 0 amide bonds. The molecule has 0 bridgehead atoms. The van der Waals surface area contributed by atoms with E-state index in [-0.39, 0.29) is 41.5 Å². The van der Waals surface area contributed by atoms with Gasteiger partial charge >= 0.3 is 0 Å². The molecule has 4 aliphatic carbocycles. The first-order chi connectivity index (χ1) is 21.6. The maximum Gasteiger partial charge on any atom is 0.190 e. The molecule has 4 fully saturated rings. The van der Waals surface area contributed by atoms with Crippen LogP contribution in [0.25, 0.3) is 0 Å². The normalized spacial score (nSPS) is 35.4. The number of hydrogen-bond acceptors (Lipinski definition) is 5. The Morgan fingerprint density at radius 3 is 1.84 bits per heavy atom. The second kappa shape index (κ2) is 12.8. The van der Waals surface area contributed by atoms with Gasteiger partial charge < -0.3 is 15.3 Å². The molecule has 4 aliphatic rings. The van der Waals surface area contributed by atoms with Crippen molar-refractivity contribution in [2.24, 2.45) is 34.5 Å². The molecule has 238 valence electrons. The first-order valence-corrected chi connectivity index (χ1v) is 18.0. The van der Waals surface area contributed by atoms with Crippen LogP contribution in [-0.4, -0.2) is 45.2 Å². The zero-order chi connectivity index (χ0) is 31.8. The van der Waals surface area contributed by atoms with Crippen LogP contribution in [0.5, 0.6) is 0 Å². The van der Waals surface area contributed by atoms with Crippen LogP contribution >= 0.6 is 7.92 Å². The molecule has 0 spiro atoms. The van der Waals surface area contributed by atoms with Gasteiger partial charge in [-0.05, 0) is 91.9 Å². The van der Waals surface area contributed by atoms with E-state index in [2.05, 4.69) is 97.9 Å². The Labute approximate surface area is 268 Å². The van der Waals surface area contributed by atoms with E-state index < -0.39 is 31.3 Å². The number of aliphatic hydroxyl groups is 3. The molecule has 3 aromatic carbocycles. The monoisotopic (exact) mass is 626 g/mol. The number of carbonyl (C=O) groups excluding carboxylic acids is 2. The Kier molecular flexibility index (Phi) is 9.20. The summed E-state index contributed by atoms with van der Waals surface area (Å²) in [4.78, 5) is 25.7. The molecule has 45 heavy (non-hydrogen) atoms. The van der Waals surface area contributed by atoms with Crippen molar-refractivity contribution in [1.29, 1.82) is 0 Å². The predicted molar refractivity (Wildman–Crippen MR) is 180 cm³/mol. The maximum atomic E-state index is 13.4.